The molecular formula is C104H122N13O27-. The fraction of sp³-hybridized carbons (Fsp3) is 0.385. The molecule has 7 aromatic carbocycles. The van der Waals surface area contributed by atoms with Gasteiger partial charge in [-0.05, 0) is 147 Å². The molecule has 7 heterocycles. The highest BCUT2D eigenvalue weighted by Gasteiger charge is 2.44. The molecule has 14 N–H and O–H groups in total. The Hall–Kier alpha value is -16.0. The van der Waals surface area contributed by atoms with Gasteiger partial charge in [0.2, 0.25) is 65.0 Å². The molecule has 14 amide bonds. The zero-order valence-corrected chi connectivity index (χ0v) is 81.7. The molecular weight excluding hydrogens is 1860 g/mol. The number of cyclic esters (lactones) is 2. The lowest BCUT2D eigenvalue weighted by Gasteiger charge is -2.29. The van der Waals surface area contributed by atoms with Gasteiger partial charge in [-0.3, -0.25) is 102 Å². The summed E-state index contributed by atoms with van der Waals surface area (Å²) in [5, 5.41) is 38.0. The van der Waals surface area contributed by atoms with Crippen LogP contribution >= 0.6 is 0 Å². The number of carbonyl (C=O) groups excluding carboxylic acids is 19. The summed E-state index contributed by atoms with van der Waals surface area (Å²) in [7, 11) is 0. The van der Waals surface area contributed by atoms with Crippen molar-refractivity contribution in [3.05, 3.63) is 239 Å². The number of anilines is 3. The van der Waals surface area contributed by atoms with Crippen LogP contribution in [-0.2, 0) is 151 Å². The molecule has 0 saturated carbocycles. The third kappa shape index (κ3) is 35.3. The Morgan fingerprint density at radius 3 is 0.972 bits per heavy atom. The zero-order valence-electron chi connectivity index (χ0n) is 81.7. The standard InChI is InChI=1S/C30H34N4O7.C26H26N4O7.C17H23NO5.C13H13N3O3.C13H19NO2.C4H4O3.CH3/c1-30(2,3)41-29(40)22(16-18-8-5-4-6-9-18)32-25(36)15-14-24(35)31-21-11-7-10-19-20(21)17-34(28(19)39)23-12-13-26(37)33-27(23)38;31-21(11-12-22(32)28-19(26(36)37)13-15-5-2-1-3-6-15)27-18-8-4-7-16-17(18)14-30(25(16)35)20-9-10-23(33)29-24(20)34;1-17(2,3)23-16(22)13(11-12-7-5-4-6-8-12)18-14(19)9-10-15(20)21;14-9-3-1-2-7-8(9)6-16(13(7)19)10-4-5-11(17)15-12(10)18;1-13(2,3)16-12(15)11(14)9-10-7-5-4-6-8-10;5-3-1-2-4(6)7-3;/h4-11,22-23H,12-17H2,1-3H3,(H,31,35)(H,32,36)(H,33,37,38);1-8,19-20H,9-14H2,(H,27,31)(H,28,32)(H,36,37)(H,29,33,34);4-8,13H,9-11H2,1-3H3,(H,18,19)(H,20,21);1-3,10H,4-6,14H2,(H,15,17,18);4-8,11H,9,14H2,1-3H3;1-2H2;1H3/q;;;;;;-1/t22-,23?;19-,20?;13-;;11-;;/m111.1../s1. The van der Waals surface area contributed by atoms with E-state index in [0.717, 1.165) is 27.8 Å². The van der Waals surface area contributed by atoms with Crippen LogP contribution in [0.25, 0.3) is 0 Å². The summed E-state index contributed by atoms with van der Waals surface area (Å²) in [5.41, 5.74) is 17.8. The van der Waals surface area contributed by atoms with Crippen molar-refractivity contribution >= 4 is 142 Å². The van der Waals surface area contributed by atoms with Crippen molar-refractivity contribution in [2.45, 2.75) is 257 Å². The van der Waals surface area contributed by atoms with Crippen molar-refractivity contribution in [2.24, 2.45) is 5.73 Å². The highest BCUT2D eigenvalue weighted by Crippen LogP contribution is 2.36. The normalized spacial score (nSPS) is 16.8. The van der Waals surface area contributed by atoms with E-state index >= 15 is 0 Å². The van der Waals surface area contributed by atoms with Crippen molar-refractivity contribution < 1.29 is 130 Å². The number of carbonyl (C=O) groups is 21. The number of esters is 5. The van der Waals surface area contributed by atoms with Crippen LogP contribution < -0.4 is 54.0 Å². The number of hydrogen-bond acceptors (Lipinski definition) is 27. The van der Waals surface area contributed by atoms with Crippen LogP contribution in [0.5, 0.6) is 0 Å². The van der Waals surface area contributed by atoms with E-state index in [0.29, 0.717) is 64.3 Å². The SMILES string of the molecule is CC(C)(C)OC(=O)[C@@H](Cc1ccccc1)NC(=O)CCC(=O)Nc1cccc2c1CN(C1CCC(=O)NC1=O)C2=O.CC(C)(C)OC(=O)[C@@H](Cc1ccccc1)NC(=O)CCC(=O)O.CC(C)(C)OC(=O)[C@H](N)Cc1ccccc1.Nc1cccc2c1CN(C1CCC(=O)NC1=O)C2=O.O=C1CCC(=O)O1.O=C1CCC(N2Cc3c(NC(=O)CCC(=O)N[C@H](Cc4ccccc4)C(=O)O)cccc3C2=O)C(=O)N1.[CH3-]. The monoisotopic (exact) mass is 1980 g/mol. The van der Waals surface area contributed by atoms with Gasteiger partial charge in [-0.15, -0.1) is 0 Å². The smallest absolute Gasteiger partial charge is 0.329 e. The second-order valence-electron chi connectivity index (χ2n) is 37.2. The largest absolute Gasteiger partial charge is 0.481 e. The molecule has 0 aromatic heterocycles. The highest BCUT2D eigenvalue weighted by atomic mass is 16.6. The number of hydrogen-bond donors (Lipinski definition) is 12. The highest BCUT2D eigenvalue weighted by molar-refractivity contribution is 6.10. The molecule has 7 aliphatic heterocycles. The molecule has 144 heavy (non-hydrogen) atoms. The first kappa shape index (κ1) is 113. The number of nitrogens with one attached hydrogen (secondary N) is 8. The number of fused-ring (bicyclic) bond motifs is 3. The van der Waals surface area contributed by atoms with Gasteiger partial charge in [0.15, 0.2) is 0 Å². The van der Waals surface area contributed by atoms with Gasteiger partial charge in [0.1, 0.15) is 59.1 Å². The lowest BCUT2D eigenvalue weighted by Crippen LogP contribution is -2.52. The second kappa shape index (κ2) is 52.5. The number of amides is 14. The summed E-state index contributed by atoms with van der Waals surface area (Å²) < 4.78 is 20.1. The number of nitrogen functional groups attached to an aromatic ring is 1. The maximum absolute atomic E-state index is 13.0. The van der Waals surface area contributed by atoms with Gasteiger partial charge in [-0.2, -0.15) is 0 Å². The molecule has 40 heteroatoms. The Morgan fingerprint density at radius 1 is 0.375 bits per heavy atom. The number of carboxylic acids is 2. The van der Waals surface area contributed by atoms with Gasteiger partial charge in [-0.25, -0.2) is 14.4 Å². The lowest BCUT2D eigenvalue weighted by molar-refractivity contribution is -0.159. The number of carboxylic acid groups (broad SMARTS) is 2. The molecule has 0 radical (unpaired) electrons. The summed E-state index contributed by atoms with van der Waals surface area (Å²) in [5.74, 6) is -10.3. The van der Waals surface area contributed by atoms with E-state index in [4.69, 9.17) is 30.8 Å². The maximum atomic E-state index is 13.0. The van der Waals surface area contributed by atoms with Gasteiger partial charge < -0.3 is 89.3 Å². The van der Waals surface area contributed by atoms with Crippen molar-refractivity contribution in [3.8, 4) is 0 Å². The number of benzene rings is 7. The molecule has 766 valence electrons. The fourth-order valence-corrected chi connectivity index (χ4v) is 15.6. The minimum Gasteiger partial charge on any atom is -0.481 e. The average molecular weight is 1990 g/mol. The van der Waals surface area contributed by atoms with Crippen molar-refractivity contribution in [3.63, 3.8) is 0 Å². The fourth-order valence-electron chi connectivity index (χ4n) is 15.6. The number of rotatable bonds is 29. The third-order valence-corrected chi connectivity index (χ3v) is 22.4. The zero-order chi connectivity index (χ0) is 105. The Labute approximate surface area is 831 Å². The van der Waals surface area contributed by atoms with Crippen LogP contribution in [0.4, 0.5) is 17.1 Å². The Balaban J connectivity index is 0.000000224. The number of ether oxygens (including phenoxy) is 4. The first-order chi connectivity index (χ1) is 67.5. The summed E-state index contributed by atoms with van der Waals surface area (Å²) in [4.78, 5) is 254. The van der Waals surface area contributed by atoms with Gasteiger partial charge in [0.25, 0.3) is 17.7 Å². The van der Waals surface area contributed by atoms with E-state index < -0.39 is 142 Å². The number of nitrogens with two attached hydrogens (primary N) is 2. The molecule has 3 unspecified atom stereocenters. The minimum atomic E-state index is -1.17. The molecule has 7 atom stereocenters. The predicted molar refractivity (Wildman–Crippen MR) is 521 cm³/mol. The number of aliphatic carboxylic acids is 2. The van der Waals surface area contributed by atoms with E-state index in [1.54, 1.807) is 126 Å². The molecule has 7 aliphatic rings. The van der Waals surface area contributed by atoms with Crippen LogP contribution in [0.1, 0.15) is 222 Å². The molecule has 0 aliphatic carbocycles. The van der Waals surface area contributed by atoms with Crippen LogP contribution in [0.3, 0.4) is 0 Å². The third-order valence-electron chi connectivity index (χ3n) is 22.4. The predicted octanol–water partition coefficient (Wildman–Crippen LogP) is 7.36. The Morgan fingerprint density at radius 2 is 0.667 bits per heavy atom. The summed E-state index contributed by atoms with van der Waals surface area (Å²) in [6.07, 6.45) is 1.82. The van der Waals surface area contributed by atoms with E-state index in [-0.39, 0.29) is 165 Å². The van der Waals surface area contributed by atoms with Crippen molar-refractivity contribution in [1.82, 2.24) is 46.6 Å². The summed E-state index contributed by atoms with van der Waals surface area (Å²) >= 11 is 0. The van der Waals surface area contributed by atoms with Crippen LogP contribution in [0, 0.1) is 7.43 Å². The summed E-state index contributed by atoms with van der Waals surface area (Å²) in [6.45, 7) is 16.5. The number of piperidine rings is 3. The molecule has 7 aromatic rings. The van der Waals surface area contributed by atoms with Crippen molar-refractivity contribution in [1.29, 1.82) is 0 Å². The first-order valence-electron chi connectivity index (χ1n) is 46.4. The van der Waals surface area contributed by atoms with E-state index in [9.17, 15) is 106 Å². The first-order valence-corrected chi connectivity index (χ1v) is 46.4. The van der Waals surface area contributed by atoms with Gasteiger partial charge in [0.05, 0.1) is 19.3 Å². The number of nitrogens with zero attached hydrogens (tertiary/aromatic N) is 3. The molecule has 40 nitrogen and oxygen atoms in total. The average Bonchev–Trinajstić information content (AvgIpc) is 1.64. The quantitative estimate of drug-likeness (QED) is 0.00544. The number of imide groups is 3. The van der Waals surface area contributed by atoms with Gasteiger partial charge in [-0.1, -0.05) is 140 Å². The van der Waals surface area contributed by atoms with Crippen LogP contribution in [-0.4, -0.2) is 208 Å². The Bertz CT molecular complexity index is 5900. The Kier molecular flexibility index (Phi) is 41.3. The molecule has 0 bridgehead atoms. The second-order valence-corrected chi connectivity index (χ2v) is 37.2. The van der Waals surface area contributed by atoms with E-state index in [2.05, 4.69) is 47.3 Å². The van der Waals surface area contributed by atoms with E-state index in [1.165, 1.54) is 14.7 Å². The molecule has 4 saturated heterocycles. The maximum Gasteiger partial charge on any atom is 0.329 e. The van der Waals surface area contributed by atoms with Crippen LogP contribution in [0.2, 0.25) is 0 Å². The molecule has 14 rings (SSSR count). The van der Waals surface area contributed by atoms with Crippen molar-refractivity contribution in [2.75, 3.05) is 16.4 Å². The lowest BCUT2D eigenvalue weighted by atomic mass is 10.0. The minimum absolute atomic E-state index is 0. The molecule has 4 fully saturated rings. The van der Waals surface area contributed by atoms with Gasteiger partial charge >= 0.3 is 41.8 Å². The van der Waals surface area contributed by atoms with Crippen LogP contribution in [0.15, 0.2) is 176 Å². The topological polar surface area (TPSA) is 594 Å². The summed E-state index contributed by atoms with van der Waals surface area (Å²) in [6, 6.07) is 46.3. The van der Waals surface area contributed by atoms with Gasteiger partial charge in [0, 0.05) is 141 Å². The molecule has 0 spiro atoms. The van der Waals surface area contributed by atoms with E-state index in [1.807, 2.05) is 112 Å².